The van der Waals surface area contributed by atoms with Crippen molar-refractivity contribution in [2.45, 2.75) is 26.5 Å². The first-order valence-electron chi connectivity index (χ1n) is 8.93. The van der Waals surface area contributed by atoms with E-state index in [0.717, 1.165) is 5.56 Å². The summed E-state index contributed by atoms with van der Waals surface area (Å²) in [7, 11) is 0. The zero-order valence-corrected chi connectivity index (χ0v) is 15.8. The Bertz CT molecular complexity index is 1060. The highest BCUT2D eigenvalue weighted by Crippen LogP contribution is 2.19. The monoisotopic (exact) mass is 393 g/mol. The summed E-state index contributed by atoms with van der Waals surface area (Å²) in [5.74, 6) is 2.85. The van der Waals surface area contributed by atoms with Crippen LogP contribution >= 0.6 is 0 Å². The van der Waals surface area contributed by atoms with Gasteiger partial charge in [0.15, 0.2) is 5.76 Å². The zero-order chi connectivity index (χ0) is 20.1. The second-order valence-electron chi connectivity index (χ2n) is 6.34. The average molecular weight is 393 g/mol. The van der Waals surface area contributed by atoms with Gasteiger partial charge in [0, 0.05) is 36.3 Å². The lowest BCUT2D eigenvalue weighted by molar-refractivity contribution is 0.232. The predicted octanol–water partition coefficient (Wildman–Crippen LogP) is 2.79. The van der Waals surface area contributed by atoms with Crippen LogP contribution in [0, 0.1) is 0 Å². The average Bonchev–Trinajstić information content (AvgIpc) is 3.37. The highest BCUT2D eigenvalue weighted by Gasteiger charge is 2.09. The van der Waals surface area contributed by atoms with Gasteiger partial charge in [-0.15, -0.1) is 5.10 Å². The molecule has 11 nitrogen and oxygen atoms in total. The Hall–Kier alpha value is -4.02. The van der Waals surface area contributed by atoms with E-state index in [4.69, 9.17) is 9.26 Å². The Labute approximate surface area is 166 Å². The van der Waals surface area contributed by atoms with Gasteiger partial charge in [0.1, 0.15) is 23.7 Å². The molecule has 0 radical (unpaired) electrons. The summed E-state index contributed by atoms with van der Waals surface area (Å²) >= 11 is 0. The fraction of sp³-hybridized carbons (Fsp3) is 0.222. The maximum atomic E-state index is 5.53. The minimum Gasteiger partial charge on any atom is -0.474 e. The van der Waals surface area contributed by atoms with Crippen molar-refractivity contribution in [1.82, 2.24) is 35.3 Å². The third-order valence-corrected chi connectivity index (χ3v) is 3.67. The van der Waals surface area contributed by atoms with E-state index >= 15 is 0 Å². The number of hydrogen-bond acceptors (Lipinski definition) is 10. The molecule has 0 saturated carbocycles. The molecular formula is C18H19N9O2. The molecule has 0 aliphatic heterocycles. The van der Waals surface area contributed by atoms with Crippen LogP contribution in [0.25, 0.3) is 11.3 Å². The van der Waals surface area contributed by atoms with E-state index in [2.05, 4.69) is 45.9 Å². The zero-order valence-electron chi connectivity index (χ0n) is 15.8. The number of anilines is 3. The van der Waals surface area contributed by atoms with Gasteiger partial charge in [-0.05, 0) is 19.9 Å². The van der Waals surface area contributed by atoms with Crippen LogP contribution in [-0.2, 0) is 6.54 Å². The van der Waals surface area contributed by atoms with Crippen molar-refractivity contribution in [2.75, 3.05) is 10.6 Å². The minimum absolute atomic E-state index is 0.0482. The Morgan fingerprint density at radius 2 is 2.07 bits per heavy atom. The molecule has 4 aromatic rings. The highest BCUT2D eigenvalue weighted by atomic mass is 16.5. The second-order valence-corrected chi connectivity index (χ2v) is 6.34. The van der Waals surface area contributed by atoms with E-state index in [0.29, 0.717) is 41.5 Å². The lowest BCUT2D eigenvalue weighted by Crippen LogP contribution is -2.05. The van der Waals surface area contributed by atoms with Gasteiger partial charge in [-0.2, -0.15) is 4.98 Å². The molecule has 29 heavy (non-hydrogen) atoms. The number of H-pyrrole nitrogens is 1. The Kier molecular flexibility index (Phi) is 5.27. The fourth-order valence-electron chi connectivity index (χ4n) is 2.45. The topological polar surface area (TPSA) is 140 Å². The molecule has 0 aliphatic rings. The molecule has 4 rings (SSSR count). The van der Waals surface area contributed by atoms with Gasteiger partial charge in [0.2, 0.25) is 11.8 Å². The summed E-state index contributed by atoms with van der Waals surface area (Å²) in [6, 6.07) is 5.32. The molecule has 0 spiro atoms. The Balaban J connectivity index is 1.37. The van der Waals surface area contributed by atoms with E-state index in [-0.39, 0.29) is 6.10 Å². The molecule has 0 unspecified atom stereocenters. The minimum atomic E-state index is 0.0482. The lowest BCUT2D eigenvalue weighted by atomic mass is 10.2. The fourth-order valence-corrected chi connectivity index (χ4v) is 2.45. The van der Waals surface area contributed by atoms with Crippen LogP contribution in [0.2, 0.25) is 0 Å². The van der Waals surface area contributed by atoms with E-state index in [1.807, 2.05) is 19.9 Å². The van der Waals surface area contributed by atoms with E-state index < -0.39 is 0 Å². The third kappa shape index (κ3) is 4.83. The van der Waals surface area contributed by atoms with Crippen molar-refractivity contribution >= 4 is 17.6 Å². The van der Waals surface area contributed by atoms with Crippen LogP contribution in [-0.4, -0.2) is 41.4 Å². The molecule has 0 fully saturated rings. The number of ether oxygens (including phenoxy) is 1. The van der Waals surface area contributed by atoms with Gasteiger partial charge in [0.05, 0.1) is 12.6 Å². The number of nitrogens with zero attached hydrogens (tertiary/aromatic N) is 6. The third-order valence-electron chi connectivity index (χ3n) is 3.67. The summed E-state index contributed by atoms with van der Waals surface area (Å²) in [6.07, 6.45) is 6.51. The molecule has 4 heterocycles. The molecule has 0 aliphatic carbocycles. The van der Waals surface area contributed by atoms with Gasteiger partial charge >= 0.3 is 0 Å². The maximum absolute atomic E-state index is 5.53. The summed E-state index contributed by atoms with van der Waals surface area (Å²) in [5, 5.41) is 17.2. The highest BCUT2D eigenvalue weighted by molar-refractivity contribution is 5.56. The normalized spacial score (nSPS) is 10.9. The van der Waals surface area contributed by atoms with Crippen LogP contribution < -0.4 is 15.4 Å². The predicted molar refractivity (Wildman–Crippen MR) is 105 cm³/mol. The van der Waals surface area contributed by atoms with E-state index in [9.17, 15) is 0 Å². The summed E-state index contributed by atoms with van der Waals surface area (Å²) < 4.78 is 10.9. The largest absolute Gasteiger partial charge is 0.474 e. The number of hydrogen-bond donors (Lipinski definition) is 3. The first-order valence-corrected chi connectivity index (χ1v) is 8.93. The van der Waals surface area contributed by atoms with Crippen LogP contribution in [0.4, 0.5) is 17.6 Å². The van der Waals surface area contributed by atoms with Gasteiger partial charge < -0.3 is 19.9 Å². The first-order chi connectivity index (χ1) is 14.2. The summed E-state index contributed by atoms with van der Waals surface area (Å²) in [5.41, 5.74) is 1.45. The van der Waals surface area contributed by atoms with Crippen LogP contribution in [0.3, 0.4) is 0 Å². The Morgan fingerprint density at radius 3 is 2.90 bits per heavy atom. The van der Waals surface area contributed by atoms with Crippen molar-refractivity contribution < 1.29 is 9.26 Å². The molecule has 4 aromatic heterocycles. The SMILES string of the molecule is CC(C)Oc1cc(Nc2ccnc(NCc3cc(-c4cncnc4)no3)n2)[nH]n1. The quantitative estimate of drug-likeness (QED) is 0.409. The van der Waals surface area contributed by atoms with Crippen molar-refractivity contribution in [3.8, 4) is 17.1 Å². The van der Waals surface area contributed by atoms with Gasteiger partial charge in [-0.25, -0.2) is 15.0 Å². The lowest BCUT2D eigenvalue weighted by Gasteiger charge is -2.06. The standard InChI is InChI=1S/C18H19N9O2/c1-11(2)28-17-6-16(25-26-17)23-15-3-4-21-18(24-15)22-9-13-5-14(27-29-13)12-7-19-10-20-8-12/h3-8,10-11H,9H2,1-2H3,(H3,21,22,23,24,25,26). The molecule has 0 bridgehead atoms. The first kappa shape index (κ1) is 18.3. The van der Waals surface area contributed by atoms with Gasteiger partial charge in [-0.3, -0.25) is 5.10 Å². The van der Waals surface area contributed by atoms with E-state index in [1.54, 1.807) is 30.7 Å². The van der Waals surface area contributed by atoms with Crippen molar-refractivity contribution in [2.24, 2.45) is 0 Å². The van der Waals surface area contributed by atoms with Gasteiger partial charge in [0.25, 0.3) is 0 Å². The second kappa shape index (κ2) is 8.33. The summed E-state index contributed by atoms with van der Waals surface area (Å²) in [4.78, 5) is 16.6. The Morgan fingerprint density at radius 1 is 1.21 bits per heavy atom. The van der Waals surface area contributed by atoms with Crippen LogP contribution in [0.15, 0.2) is 47.6 Å². The molecule has 148 valence electrons. The number of aromatic amines is 1. The smallest absolute Gasteiger partial charge is 0.234 e. The van der Waals surface area contributed by atoms with Crippen LogP contribution in [0.1, 0.15) is 19.6 Å². The van der Waals surface area contributed by atoms with Crippen LogP contribution in [0.5, 0.6) is 5.88 Å². The number of rotatable bonds is 8. The van der Waals surface area contributed by atoms with Gasteiger partial charge in [-0.1, -0.05) is 5.16 Å². The molecule has 3 N–H and O–H groups in total. The summed E-state index contributed by atoms with van der Waals surface area (Å²) in [6.45, 7) is 4.26. The number of aromatic nitrogens is 7. The molecule has 0 saturated heterocycles. The molecule has 0 atom stereocenters. The maximum Gasteiger partial charge on any atom is 0.234 e. The molecule has 0 aromatic carbocycles. The van der Waals surface area contributed by atoms with Crippen molar-refractivity contribution in [1.29, 1.82) is 0 Å². The molecular weight excluding hydrogens is 374 g/mol. The number of nitrogens with one attached hydrogen (secondary N) is 3. The van der Waals surface area contributed by atoms with Crippen molar-refractivity contribution in [3.63, 3.8) is 0 Å². The van der Waals surface area contributed by atoms with E-state index in [1.165, 1.54) is 6.33 Å². The molecule has 11 heteroatoms. The molecule has 0 amide bonds. The van der Waals surface area contributed by atoms with Crippen molar-refractivity contribution in [3.05, 3.63) is 48.9 Å².